The van der Waals surface area contributed by atoms with E-state index in [4.69, 9.17) is 9.47 Å². The van der Waals surface area contributed by atoms with Crippen molar-refractivity contribution in [3.63, 3.8) is 0 Å². The molecule has 0 aromatic rings. The van der Waals surface area contributed by atoms with Gasteiger partial charge in [-0.3, -0.25) is 0 Å². The molecule has 1 aliphatic rings. The standard InChI is InChI=1S/C9H12I2O3/c1-6(9(2,11)5-10)14-7-3-4-13-8(7)12/h7H,1,3-5H2,2H3. The van der Waals surface area contributed by atoms with E-state index in [1.807, 2.05) is 6.92 Å². The fourth-order valence-electron chi connectivity index (χ4n) is 0.953. The summed E-state index contributed by atoms with van der Waals surface area (Å²) >= 11 is 4.55. The molecule has 0 spiro atoms. The van der Waals surface area contributed by atoms with Crippen LogP contribution in [0, 0.1) is 0 Å². The molecule has 1 heterocycles. The van der Waals surface area contributed by atoms with Crippen molar-refractivity contribution in [3.05, 3.63) is 12.3 Å². The normalized spacial score (nSPS) is 25.4. The van der Waals surface area contributed by atoms with Crippen LogP contribution in [0.1, 0.15) is 13.3 Å². The van der Waals surface area contributed by atoms with Gasteiger partial charge >= 0.3 is 5.97 Å². The highest BCUT2D eigenvalue weighted by Gasteiger charge is 2.33. The number of carbonyl (C=O) groups excluding carboxylic acids is 1. The van der Waals surface area contributed by atoms with Gasteiger partial charge in [0.2, 0.25) is 0 Å². The van der Waals surface area contributed by atoms with Crippen LogP contribution in [0.15, 0.2) is 12.3 Å². The Balaban J connectivity index is 2.52. The van der Waals surface area contributed by atoms with E-state index in [2.05, 4.69) is 51.8 Å². The molecule has 1 aliphatic heterocycles. The number of alkyl halides is 2. The summed E-state index contributed by atoms with van der Waals surface area (Å²) in [6, 6.07) is 0. The average Bonchev–Trinajstić information content (AvgIpc) is 2.52. The predicted molar refractivity (Wildman–Crippen MR) is 70.9 cm³/mol. The molecule has 0 aromatic carbocycles. The van der Waals surface area contributed by atoms with Gasteiger partial charge in [0.1, 0.15) is 5.76 Å². The second-order valence-electron chi connectivity index (χ2n) is 3.32. The fraction of sp³-hybridized carbons (Fsp3) is 0.667. The maximum Gasteiger partial charge on any atom is 0.347 e. The van der Waals surface area contributed by atoms with Crippen LogP contribution in [0.2, 0.25) is 0 Å². The molecule has 0 aliphatic carbocycles. The van der Waals surface area contributed by atoms with E-state index in [1.165, 1.54) is 0 Å². The lowest BCUT2D eigenvalue weighted by Gasteiger charge is -2.24. The molecule has 2 atom stereocenters. The van der Waals surface area contributed by atoms with Gasteiger partial charge in [-0.25, -0.2) is 4.79 Å². The third kappa shape index (κ3) is 2.98. The lowest BCUT2D eigenvalue weighted by Crippen LogP contribution is -2.27. The van der Waals surface area contributed by atoms with Gasteiger partial charge in [-0.2, -0.15) is 0 Å². The molecule has 14 heavy (non-hydrogen) atoms. The summed E-state index contributed by atoms with van der Waals surface area (Å²) in [4.78, 5) is 11.1. The van der Waals surface area contributed by atoms with Gasteiger partial charge in [-0.15, -0.1) is 0 Å². The molecule has 0 radical (unpaired) electrons. The minimum absolute atomic E-state index is 0.124. The van der Waals surface area contributed by atoms with E-state index in [9.17, 15) is 4.79 Å². The van der Waals surface area contributed by atoms with Crippen LogP contribution in [-0.4, -0.2) is 26.5 Å². The van der Waals surface area contributed by atoms with Crippen LogP contribution in [0.3, 0.4) is 0 Å². The van der Waals surface area contributed by atoms with Crippen LogP contribution in [-0.2, 0) is 14.3 Å². The van der Waals surface area contributed by atoms with E-state index in [1.54, 1.807) is 0 Å². The third-order valence-electron chi connectivity index (χ3n) is 2.00. The van der Waals surface area contributed by atoms with Crippen molar-refractivity contribution in [3.8, 4) is 0 Å². The number of hydrogen-bond donors (Lipinski definition) is 0. The zero-order chi connectivity index (χ0) is 10.8. The van der Waals surface area contributed by atoms with Gasteiger partial charge in [-0.05, 0) is 6.92 Å². The van der Waals surface area contributed by atoms with Crippen LogP contribution in [0.5, 0.6) is 0 Å². The molecule has 5 heteroatoms. The highest BCUT2D eigenvalue weighted by Crippen LogP contribution is 2.31. The average molecular weight is 422 g/mol. The van der Waals surface area contributed by atoms with Crippen molar-refractivity contribution >= 4 is 51.2 Å². The molecule has 1 rings (SSSR count). The van der Waals surface area contributed by atoms with Crippen LogP contribution in [0.4, 0.5) is 0 Å². The Morgan fingerprint density at radius 1 is 1.86 bits per heavy atom. The molecular weight excluding hydrogens is 410 g/mol. The SMILES string of the molecule is C=C(OC1CCOC1=O)C(C)(I)CI. The van der Waals surface area contributed by atoms with Gasteiger partial charge in [0, 0.05) is 10.8 Å². The molecule has 80 valence electrons. The number of esters is 1. The Labute approximate surface area is 111 Å². The summed E-state index contributed by atoms with van der Waals surface area (Å²) in [7, 11) is 0. The summed E-state index contributed by atoms with van der Waals surface area (Å²) in [5.41, 5.74) is 0. The van der Waals surface area contributed by atoms with Crippen LogP contribution >= 0.6 is 45.2 Å². The Hall–Kier alpha value is 0.470. The molecule has 1 saturated heterocycles. The Bertz CT molecular complexity index is 250. The Morgan fingerprint density at radius 3 is 2.93 bits per heavy atom. The van der Waals surface area contributed by atoms with Gasteiger partial charge in [-0.1, -0.05) is 51.8 Å². The lowest BCUT2D eigenvalue weighted by atomic mass is 10.2. The predicted octanol–water partition coefficient (Wildman–Crippen LogP) is 2.46. The van der Waals surface area contributed by atoms with Crippen molar-refractivity contribution < 1.29 is 14.3 Å². The quantitative estimate of drug-likeness (QED) is 0.303. The van der Waals surface area contributed by atoms with Gasteiger partial charge in [0.25, 0.3) is 0 Å². The largest absolute Gasteiger partial charge is 0.482 e. The summed E-state index contributed by atoms with van der Waals surface area (Å²) in [5, 5.41) is 0. The minimum atomic E-state index is -0.445. The second-order valence-corrected chi connectivity index (χ2v) is 6.46. The number of ether oxygens (including phenoxy) is 2. The molecule has 3 nitrogen and oxygen atoms in total. The first-order chi connectivity index (χ1) is 6.47. The number of halogens is 2. The molecule has 2 unspecified atom stereocenters. The van der Waals surface area contributed by atoms with Crippen molar-refractivity contribution in [2.75, 3.05) is 11.0 Å². The molecule has 0 saturated carbocycles. The molecular formula is C9H12I2O3. The first kappa shape index (κ1) is 12.5. The first-order valence-corrected chi connectivity index (χ1v) is 6.85. The summed E-state index contributed by atoms with van der Waals surface area (Å²) in [6.45, 7) is 6.34. The van der Waals surface area contributed by atoms with E-state index < -0.39 is 6.10 Å². The van der Waals surface area contributed by atoms with Gasteiger partial charge in [0.05, 0.1) is 10.0 Å². The maximum atomic E-state index is 11.1. The van der Waals surface area contributed by atoms with Crippen molar-refractivity contribution in [1.29, 1.82) is 0 Å². The van der Waals surface area contributed by atoms with Gasteiger partial charge in [0.15, 0.2) is 6.10 Å². The van der Waals surface area contributed by atoms with E-state index in [-0.39, 0.29) is 9.39 Å². The Morgan fingerprint density at radius 2 is 2.50 bits per heavy atom. The van der Waals surface area contributed by atoms with E-state index >= 15 is 0 Å². The molecule has 0 aromatic heterocycles. The number of allylic oxidation sites excluding steroid dienone is 1. The molecule has 1 fully saturated rings. The first-order valence-electron chi connectivity index (χ1n) is 4.25. The third-order valence-corrected chi connectivity index (χ3v) is 5.97. The number of carbonyl (C=O) groups is 1. The highest BCUT2D eigenvalue weighted by molar-refractivity contribution is 14.1. The summed E-state index contributed by atoms with van der Waals surface area (Å²) in [6.07, 6.45) is 0.186. The van der Waals surface area contributed by atoms with Crippen LogP contribution in [0.25, 0.3) is 0 Å². The fourth-order valence-corrected chi connectivity index (χ4v) is 1.51. The topological polar surface area (TPSA) is 35.5 Å². The van der Waals surface area contributed by atoms with E-state index in [0.717, 1.165) is 4.43 Å². The zero-order valence-electron chi connectivity index (χ0n) is 7.89. The van der Waals surface area contributed by atoms with Crippen LogP contribution < -0.4 is 0 Å². The summed E-state index contributed by atoms with van der Waals surface area (Å²) in [5.74, 6) is 0.378. The van der Waals surface area contributed by atoms with Crippen molar-refractivity contribution in [2.24, 2.45) is 0 Å². The Kier molecular flexibility index (Phi) is 4.48. The van der Waals surface area contributed by atoms with E-state index in [0.29, 0.717) is 18.8 Å². The van der Waals surface area contributed by atoms with Crippen molar-refractivity contribution in [2.45, 2.75) is 22.9 Å². The van der Waals surface area contributed by atoms with Crippen molar-refractivity contribution in [1.82, 2.24) is 0 Å². The molecule has 0 bridgehead atoms. The molecule has 0 N–H and O–H groups in total. The maximum absolute atomic E-state index is 11.1. The minimum Gasteiger partial charge on any atom is -0.482 e. The smallest absolute Gasteiger partial charge is 0.347 e. The zero-order valence-corrected chi connectivity index (χ0v) is 12.2. The van der Waals surface area contributed by atoms with Gasteiger partial charge < -0.3 is 9.47 Å². The highest BCUT2D eigenvalue weighted by atomic mass is 127. The summed E-state index contributed by atoms with van der Waals surface area (Å²) < 4.78 is 11.1. The lowest BCUT2D eigenvalue weighted by molar-refractivity contribution is -0.145. The number of rotatable bonds is 4. The molecule has 0 amide bonds. The number of cyclic esters (lactones) is 1. The monoisotopic (exact) mass is 422 g/mol. The number of hydrogen-bond acceptors (Lipinski definition) is 3. The second kappa shape index (κ2) is 5.00.